The molecule has 0 aliphatic carbocycles. The smallest absolute Gasteiger partial charge is 0.286 e. The molecule has 2 aromatic heterocycles. The van der Waals surface area contributed by atoms with Crippen molar-refractivity contribution in [3.8, 4) is 11.4 Å². The van der Waals surface area contributed by atoms with Gasteiger partial charge in [0, 0.05) is 24.5 Å². The third-order valence-electron chi connectivity index (χ3n) is 4.13. The lowest BCUT2D eigenvalue weighted by atomic mass is 10.2. The van der Waals surface area contributed by atoms with Crippen molar-refractivity contribution >= 4 is 16.0 Å². The maximum absolute atomic E-state index is 13.1. The fourth-order valence-corrected chi connectivity index (χ4v) is 3.89. The van der Waals surface area contributed by atoms with Gasteiger partial charge in [-0.05, 0) is 42.0 Å². The molecule has 0 bridgehead atoms. The Balaban J connectivity index is 1.74. The van der Waals surface area contributed by atoms with Crippen molar-refractivity contribution in [1.82, 2.24) is 19.2 Å². The van der Waals surface area contributed by atoms with Gasteiger partial charge in [-0.1, -0.05) is 30.3 Å². The molecule has 29 heavy (non-hydrogen) atoms. The second-order valence-corrected chi connectivity index (χ2v) is 7.91. The normalized spacial score (nSPS) is 11.3. The first kappa shape index (κ1) is 18.8. The van der Waals surface area contributed by atoms with Crippen LogP contribution in [0.3, 0.4) is 0 Å². The number of hydrogen-bond donors (Lipinski definition) is 1. The molecule has 0 spiro atoms. The van der Waals surface area contributed by atoms with Crippen LogP contribution in [0, 0.1) is 5.82 Å². The summed E-state index contributed by atoms with van der Waals surface area (Å²) >= 11 is 0. The molecule has 7 nitrogen and oxygen atoms in total. The highest BCUT2D eigenvalue weighted by Gasteiger charge is 2.24. The average Bonchev–Trinajstić information content (AvgIpc) is 3.20. The van der Waals surface area contributed by atoms with E-state index < -0.39 is 10.0 Å². The van der Waals surface area contributed by atoms with E-state index in [1.54, 1.807) is 54.9 Å². The zero-order valence-corrected chi connectivity index (χ0v) is 15.9. The molecule has 0 radical (unpaired) electrons. The van der Waals surface area contributed by atoms with Gasteiger partial charge in [0.2, 0.25) is 5.95 Å². The van der Waals surface area contributed by atoms with Crippen LogP contribution < -0.4 is 5.32 Å². The van der Waals surface area contributed by atoms with Crippen molar-refractivity contribution in [3.63, 3.8) is 0 Å². The molecule has 0 aliphatic heterocycles. The van der Waals surface area contributed by atoms with Gasteiger partial charge < -0.3 is 5.32 Å². The Kier molecular flexibility index (Phi) is 5.05. The summed E-state index contributed by atoms with van der Waals surface area (Å²) in [6.45, 7) is 0.246. The fraction of sp³-hybridized carbons (Fsp3) is 0.0500. The summed E-state index contributed by atoms with van der Waals surface area (Å²) < 4.78 is 40.2. The van der Waals surface area contributed by atoms with Crippen LogP contribution in [0.5, 0.6) is 0 Å². The molecule has 0 atom stereocenters. The standard InChI is InChI=1S/C20H16FN5O2S/c21-17-10-8-15(9-11-17)13-23-20-24-19(16-5-4-12-22-14-16)25-26(20)29(27,28)18-6-2-1-3-7-18/h1-12,14H,13H2,(H,23,24,25). The van der Waals surface area contributed by atoms with Crippen LogP contribution in [0.25, 0.3) is 11.4 Å². The van der Waals surface area contributed by atoms with Crippen LogP contribution in [0.1, 0.15) is 5.56 Å². The molecule has 0 amide bonds. The summed E-state index contributed by atoms with van der Waals surface area (Å²) in [5, 5.41) is 7.19. The minimum Gasteiger partial charge on any atom is -0.349 e. The number of rotatable bonds is 6. The number of halogens is 1. The summed E-state index contributed by atoms with van der Waals surface area (Å²) in [5.74, 6) is -0.0707. The van der Waals surface area contributed by atoms with E-state index in [9.17, 15) is 12.8 Å². The van der Waals surface area contributed by atoms with Gasteiger partial charge in [0.1, 0.15) is 5.82 Å². The Morgan fingerprint density at radius 1 is 0.966 bits per heavy atom. The lowest BCUT2D eigenvalue weighted by Crippen LogP contribution is -2.18. The predicted molar refractivity (Wildman–Crippen MR) is 106 cm³/mol. The highest BCUT2D eigenvalue weighted by molar-refractivity contribution is 7.90. The van der Waals surface area contributed by atoms with E-state index in [0.29, 0.717) is 5.56 Å². The number of benzene rings is 2. The number of anilines is 1. The van der Waals surface area contributed by atoms with Crippen molar-refractivity contribution in [2.75, 3.05) is 5.32 Å². The van der Waals surface area contributed by atoms with Gasteiger partial charge in [0.05, 0.1) is 4.90 Å². The molecule has 2 aromatic carbocycles. The highest BCUT2D eigenvalue weighted by Crippen LogP contribution is 2.22. The van der Waals surface area contributed by atoms with Crippen molar-refractivity contribution < 1.29 is 12.8 Å². The van der Waals surface area contributed by atoms with E-state index in [-0.39, 0.29) is 29.0 Å². The highest BCUT2D eigenvalue weighted by atomic mass is 32.2. The van der Waals surface area contributed by atoms with Gasteiger partial charge in [0.15, 0.2) is 5.82 Å². The molecule has 4 rings (SSSR count). The summed E-state index contributed by atoms with van der Waals surface area (Å²) in [5.41, 5.74) is 1.35. The molecule has 146 valence electrons. The first-order valence-corrected chi connectivity index (χ1v) is 10.1. The molecule has 1 N–H and O–H groups in total. The number of pyridine rings is 1. The van der Waals surface area contributed by atoms with Gasteiger partial charge in [0.25, 0.3) is 10.0 Å². The van der Waals surface area contributed by atoms with Gasteiger partial charge >= 0.3 is 0 Å². The molecule has 0 saturated carbocycles. The van der Waals surface area contributed by atoms with Gasteiger partial charge in [-0.2, -0.15) is 13.4 Å². The maximum Gasteiger partial charge on any atom is 0.286 e. The Morgan fingerprint density at radius 3 is 2.41 bits per heavy atom. The third kappa shape index (κ3) is 3.99. The van der Waals surface area contributed by atoms with E-state index in [0.717, 1.165) is 9.65 Å². The molecule has 2 heterocycles. The summed E-state index contributed by atoms with van der Waals surface area (Å²) in [6, 6.07) is 17.3. The predicted octanol–water partition coefficient (Wildman–Crippen LogP) is 3.33. The average molecular weight is 409 g/mol. The molecule has 0 saturated heterocycles. The minimum atomic E-state index is -3.97. The maximum atomic E-state index is 13.1. The zero-order valence-electron chi connectivity index (χ0n) is 15.1. The van der Waals surface area contributed by atoms with Crippen LogP contribution in [0.2, 0.25) is 0 Å². The minimum absolute atomic E-state index is 0.0528. The summed E-state index contributed by atoms with van der Waals surface area (Å²) in [7, 11) is -3.97. The van der Waals surface area contributed by atoms with Crippen molar-refractivity contribution in [2.24, 2.45) is 0 Å². The van der Waals surface area contributed by atoms with Gasteiger partial charge in [-0.15, -0.1) is 9.19 Å². The van der Waals surface area contributed by atoms with Crippen LogP contribution in [0.15, 0.2) is 84.0 Å². The molecule has 0 unspecified atom stereocenters. The summed E-state index contributed by atoms with van der Waals surface area (Å²) in [4.78, 5) is 8.47. The van der Waals surface area contributed by atoms with Crippen LogP contribution >= 0.6 is 0 Å². The van der Waals surface area contributed by atoms with Crippen molar-refractivity contribution in [2.45, 2.75) is 11.4 Å². The van der Waals surface area contributed by atoms with Crippen LogP contribution in [-0.4, -0.2) is 27.6 Å². The number of nitrogens with one attached hydrogen (secondary N) is 1. The van der Waals surface area contributed by atoms with E-state index >= 15 is 0 Å². The van der Waals surface area contributed by atoms with E-state index in [1.165, 1.54) is 24.3 Å². The monoisotopic (exact) mass is 409 g/mol. The molecule has 0 fully saturated rings. The quantitative estimate of drug-likeness (QED) is 0.525. The Bertz CT molecular complexity index is 1210. The number of nitrogens with zero attached hydrogens (tertiary/aromatic N) is 4. The molecular formula is C20H16FN5O2S. The largest absolute Gasteiger partial charge is 0.349 e. The first-order valence-electron chi connectivity index (χ1n) is 8.70. The van der Waals surface area contributed by atoms with E-state index in [4.69, 9.17) is 0 Å². The summed E-state index contributed by atoms with van der Waals surface area (Å²) in [6.07, 6.45) is 3.16. The third-order valence-corrected chi connectivity index (χ3v) is 5.71. The van der Waals surface area contributed by atoms with Crippen LogP contribution in [-0.2, 0) is 16.6 Å². The van der Waals surface area contributed by atoms with Crippen molar-refractivity contribution in [3.05, 3.63) is 90.5 Å². The van der Waals surface area contributed by atoms with E-state index in [1.807, 2.05) is 0 Å². The first-order chi connectivity index (χ1) is 14.0. The lowest BCUT2D eigenvalue weighted by Gasteiger charge is -2.09. The van der Waals surface area contributed by atoms with Gasteiger partial charge in [-0.25, -0.2) is 4.39 Å². The van der Waals surface area contributed by atoms with Gasteiger partial charge in [-0.3, -0.25) is 4.98 Å². The lowest BCUT2D eigenvalue weighted by molar-refractivity contribution is 0.580. The molecular weight excluding hydrogens is 393 g/mol. The molecule has 9 heteroatoms. The second kappa shape index (κ2) is 7.80. The Labute approximate surface area is 166 Å². The topological polar surface area (TPSA) is 89.8 Å². The SMILES string of the molecule is O=S(=O)(c1ccccc1)n1nc(-c2cccnc2)nc1NCc1ccc(F)cc1. The Morgan fingerprint density at radius 2 is 1.72 bits per heavy atom. The fourth-order valence-electron chi connectivity index (χ4n) is 2.67. The number of aromatic nitrogens is 4. The molecule has 0 aliphatic rings. The second-order valence-electron chi connectivity index (χ2n) is 6.14. The van der Waals surface area contributed by atoms with E-state index in [2.05, 4.69) is 20.4 Å². The zero-order chi connectivity index (χ0) is 20.3. The van der Waals surface area contributed by atoms with Crippen LogP contribution in [0.4, 0.5) is 10.3 Å². The molecule has 4 aromatic rings. The number of hydrogen-bond acceptors (Lipinski definition) is 6. The van der Waals surface area contributed by atoms with Crippen molar-refractivity contribution in [1.29, 1.82) is 0 Å². The Hall–Kier alpha value is -3.59.